The molecule has 0 heterocycles. The summed E-state index contributed by atoms with van der Waals surface area (Å²) < 4.78 is 28.1. The fraction of sp³-hybridized carbons (Fsp3) is 0.200. The summed E-state index contributed by atoms with van der Waals surface area (Å²) >= 11 is 12.0. The summed E-state index contributed by atoms with van der Waals surface area (Å²) in [5.41, 5.74) is 3.35. The van der Waals surface area contributed by atoms with Crippen molar-refractivity contribution in [3.63, 3.8) is 0 Å². The number of hydrazine groups is 1. The Morgan fingerprint density at radius 3 is 2.57 bits per heavy atom. The molecule has 0 radical (unpaired) electrons. The van der Waals surface area contributed by atoms with Gasteiger partial charge in [0.2, 0.25) is 0 Å². The zero-order valence-electron chi connectivity index (χ0n) is 11.3. The first-order valence-electron chi connectivity index (χ1n) is 6.29. The topological polar surface area (TPSA) is 38.0 Å². The van der Waals surface area contributed by atoms with Gasteiger partial charge in [0.25, 0.3) is 0 Å². The molecule has 3 N–H and O–H groups in total. The molecule has 0 aliphatic carbocycles. The van der Waals surface area contributed by atoms with Gasteiger partial charge in [-0.1, -0.05) is 41.4 Å². The van der Waals surface area contributed by atoms with E-state index in [0.717, 1.165) is 0 Å². The van der Waals surface area contributed by atoms with Crippen LogP contribution in [0, 0.1) is 18.6 Å². The van der Waals surface area contributed by atoms with Gasteiger partial charge in [-0.15, -0.1) is 0 Å². The fourth-order valence-corrected chi connectivity index (χ4v) is 2.57. The van der Waals surface area contributed by atoms with Crippen LogP contribution in [0.3, 0.4) is 0 Å². The van der Waals surface area contributed by atoms with Crippen molar-refractivity contribution < 1.29 is 8.78 Å². The third-order valence-electron chi connectivity index (χ3n) is 3.32. The lowest BCUT2D eigenvalue weighted by molar-refractivity contribution is 0.470. The van der Waals surface area contributed by atoms with E-state index < -0.39 is 17.7 Å². The first-order valence-corrected chi connectivity index (χ1v) is 7.04. The molecular weight excluding hydrogens is 317 g/mol. The second-order valence-corrected chi connectivity index (χ2v) is 5.51. The van der Waals surface area contributed by atoms with E-state index in [1.54, 1.807) is 25.1 Å². The van der Waals surface area contributed by atoms with Gasteiger partial charge in [0.15, 0.2) is 0 Å². The predicted molar refractivity (Wildman–Crippen MR) is 81.3 cm³/mol. The molecule has 0 saturated carbocycles. The molecule has 2 aromatic carbocycles. The Hall–Kier alpha value is -1.20. The van der Waals surface area contributed by atoms with Crippen molar-refractivity contribution in [1.29, 1.82) is 0 Å². The zero-order chi connectivity index (χ0) is 15.6. The standard InChI is InChI=1S/C15H14Cl2F2N2/c1-8-5-6-11(18)13(15(8)19)12(21-20)7-9-3-2-4-10(16)14(9)17/h2-6,12,21H,7,20H2,1H3. The summed E-state index contributed by atoms with van der Waals surface area (Å²) in [7, 11) is 0. The Labute approximate surface area is 131 Å². The van der Waals surface area contributed by atoms with E-state index in [4.69, 9.17) is 29.0 Å². The highest BCUT2D eigenvalue weighted by Gasteiger charge is 2.22. The van der Waals surface area contributed by atoms with Crippen LogP contribution in [0.2, 0.25) is 10.0 Å². The number of hydrogen-bond donors (Lipinski definition) is 2. The highest BCUT2D eigenvalue weighted by atomic mass is 35.5. The largest absolute Gasteiger partial charge is 0.271 e. The second kappa shape index (κ2) is 6.71. The molecule has 2 aromatic rings. The van der Waals surface area contributed by atoms with Gasteiger partial charge in [0.05, 0.1) is 16.1 Å². The van der Waals surface area contributed by atoms with Crippen molar-refractivity contribution in [2.45, 2.75) is 19.4 Å². The van der Waals surface area contributed by atoms with Gasteiger partial charge in [0.1, 0.15) is 11.6 Å². The summed E-state index contributed by atoms with van der Waals surface area (Å²) in [4.78, 5) is 0. The zero-order valence-corrected chi connectivity index (χ0v) is 12.8. The lowest BCUT2D eigenvalue weighted by Gasteiger charge is -2.19. The third-order valence-corrected chi connectivity index (χ3v) is 4.18. The molecule has 0 amide bonds. The quantitative estimate of drug-likeness (QED) is 0.647. The van der Waals surface area contributed by atoms with Crippen molar-refractivity contribution in [1.82, 2.24) is 5.43 Å². The molecule has 0 aliphatic heterocycles. The van der Waals surface area contributed by atoms with E-state index in [2.05, 4.69) is 5.43 Å². The summed E-state index contributed by atoms with van der Waals surface area (Å²) in [5.74, 6) is 4.20. The average Bonchev–Trinajstić information content (AvgIpc) is 2.46. The first kappa shape index (κ1) is 16.2. The van der Waals surface area contributed by atoms with E-state index in [-0.39, 0.29) is 12.0 Å². The molecule has 0 saturated heterocycles. The molecule has 1 unspecified atom stereocenters. The predicted octanol–water partition coefficient (Wildman–Crippen LogP) is 4.33. The normalized spacial score (nSPS) is 12.5. The van der Waals surface area contributed by atoms with Crippen LogP contribution < -0.4 is 11.3 Å². The van der Waals surface area contributed by atoms with Gasteiger partial charge in [0, 0.05) is 5.56 Å². The van der Waals surface area contributed by atoms with E-state index in [9.17, 15) is 8.78 Å². The van der Waals surface area contributed by atoms with Crippen molar-refractivity contribution >= 4 is 23.2 Å². The molecule has 21 heavy (non-hydrogen) atoms. The molecule has 0 spiro atoms. The summed E-state index contributed by atoms with van der Waals surface area (Å²) in [6.07, 6.45) is 0.215. The Bertz CT molecular complexity index is 662. The van der Waals surface area contributed by atoms with Crippen molar-refractivity contribution in [3.8, 4) is 0 Å². The number of nitrogens with one attached hydrogen (secondary N) is 1. The smallest absolute Gasteiger partial charge is 0.133 e. The van der Waals surface area contributed by atoms with Gasteiger partial charge < -0.3 is 0 Å². The van der Waals surface area contributed by atoms with Crippen LogP contribution >= 0.6 is 23.2 Å². The van der Waals surface area contributed by atoms with Crippen LogP contribution in [0.25, 0.3) is 0 Å². The molecule has 2 rings (SSSR count). The second-order valence-electron chi connectivity index (χ2n) is 4.73. The lowest BCUT2D eigenvalue weighted by atomic mass is 9.96. The number of aryl methyl sites for hydroxylation is 1. The van der Waals surface area contributed by atoms with Crippen LogP contribution in [-0.2, 0) is 6.42 Å². The van der Waals surface area contributed by atoms with Gasteiger partial charge >= 0.3 is 0 Å². The van der Waals surface area contributed by atoms with Crippen molar-refractivity contribution in [2.24, 2.45) is 5.84 Å². The van der Waals surface area contributed by atoms with Gasteiger partial charge in [-0.05, 0) is 36.6 Å². The van der Waals surface area contributed by atoms with E-state index in [1.165, 1.54) is 12.1 Å². The average molecular weight is 331 g/mol. The molecule has 0 aromatic heterocycles. The van der Waals surface area contributed by atoms with Gasteiger partial charge in [-0.25, -0.2) is 8.78 Å². The summed E-state index contributed by atoms with van der Waals surface area (Å²) in [6.45, 7) is 1.57. The maximum absolute atomic E-state index is 14.2. The molecule has 0 bridgehead atoms. The van der Waals surface area contributed by atoms with Crippen molar-refractivity contribution in [3.05, 3.63) is 68.7 Å². The molecule has 0 aliphatic rings. The SMILES string of the molecule is Cc1ccc(F)c(C(Cc2cccc(Cl)c2Cl)NN)c1F. The first-order chi connectivity index (χ1) is 9.95. The van der Waals surface area contributed by atoms with Crippen LogP contribution in [0.15, 0.2) is 30.3 Å². The Balaban J connectivity index is 2.42. The third kappa shape index (κ3) is 3.35. The summed E-state index contributed by atoms with van der Waals surface area (Å²) in [6, 6.07) is 6.96. The van der Waals surface area contributed by atoms with Crippen molar-refractivity contribution in [2.75, 3.05) is 0 Å². The lowest BCUT2D eigenvalue weighted by Crippen LogP contribution is -2.31. The minimum absolute atomic E-state index is 0.103. The minimum Gasteiger partial charge on any atom is -0.271 e. The highest BCUT2D eigenvalue weighted by Crippen LogP contribution is 2.31. The minimum atomic E-state index is -0.749. The Morgan fingerprint density at radius 1 is 1.19 bits per heavy atom. The van der Waals surface area contributed by atoms with E-state index in [0.29, 0.717) is 21.2 Å². The molecular formula is C15H14Cl2F2N2. The molecule has 6 heteroatoms. The molecule has 0 fully saturated rings. The van der Waals surface area contributed by atoms with Crippen LogP contribution in [0.5, 0.6) is 0 Å². The van der Waals surface area contributed by atoms with Crippen LogP contribution in [-0.4, -0.2) is 0 Å². The maximum atomic E-state index is 14.2. The van der Waals surface area contributed by atoms with Gasteiger partial charge in [-0.3, -0.25) is 11.3 Å². The highest BCUT2D eigenvalue weighted by molar-refractivity contribution is 6.42. The number of halogens is 4. The van der Waals surface area contributed by atoms with E-state index in [1.807, 2.05) is 0 Å². The Morgan fingerprint density at radius 2 is 1.90 bits per heavy atom. The fourth-order valence-electron chi connectivity index (χ4n) is 2.17. The molecule has 1 atom stereocenters. The van der Waals surface area contributed by atoms with E-state index >= 15 is 0 Å². The number of rotatable bonds is 4. The number of benzene rings is 2. The van der Waals surface area contributed by atoms with Gasteiger partial charge in [-0.2, -0.15) is 0 Å². The number of nitrogens with two attached hydrogens (primary N) is 1. The molecule has 2 nitrogen and oxygen atoms in total. The Kier molecular flexibility index (Phi) is 5.17. The maximum Gasteiger partial charge on any atom is 0.133 e. The summed E-state index contributed by atoms with van der Waals surface area (Å²) in [5, 5.41) is 0.739. The van der Waals surface area contributed by atoms with Crippen LogP contribution in [0.4, 0.5) is 8.78 Å². The monoisotopic (exact) mass is 330 g/mol. The molecule has 112 valence electrons. The number of hydrogen-bond acceptors (Lipinski definition) is 2. The van der Waals surface area contributed by atoms with Crippen LogP contribution in [0.1, 0.15) is 22.7 Å².